The number of nitro groups is 1. The Balaban J connectivity index is 2.18. The minimum Gasteiger partial charge on any atom is -0.322 e. The van der Waals surface area contributed by atoms with Crippen LogP contribution in [-0.4, -0.2) is 19.2 Å². The van der Waals surface area contributed by atoms with Crippen molar-refractivity contribution in [2.75, 3.05) is 5.32 Å². The number of hydrogen-bond donors (Lipinski definition) is 2. The first-order valence-corrected chi connectivity index (χ1v) is 7.51. The number of nitrogens with zero attached hydrogens (tertiary/aromatic N) is 1. The van der Waals surface area contributed by atoms with Crippen molar-refractivity contribution in [3.8, 4) is 0 Å². The molecule has 0 fully saturated rings. The first kappa shape index (κ1) is 15.6. The molecule has 0 saturated carbocycles. The third kappa shape index (κ3) is 3.65. The van der Waals surface area contributed by atoms with Gasteiger partial charge in [-0.05, 0) is 30.3 Å². The van der Waals surface area contributed by atoms with Crippen LogP contribution in [0.2, 0.25) is 0 Å². The molecule has 0 heterocycles. The molecule has 2 aromatic rings. The topological polar surface area (TPSA) is 132 Å². The Morgan fingerprint density at radius 3 is 2.32 bits per heavy atom. The van der Waals surface area contributed by atoms with E-state index in [0.717, 1.165) is 6.07 Å². The summed E-state index contributed by atoms with van der Waals surface area (Å²) in [5, 5.41) is 18.1. The van der Waals surface area contributed by atoms with E-state index in [0.29, 0.717) is 5.69 Å². The van der Waals surface area contributed by atoms with Gasteiger partial charge in [-0.1, -0.05) is 6.07 Å². The average Bonchev–Trinajstić information content (AvgIpc) is 2.47. The second-order valence-corrected chi connectivity index (χ2v) is 5.89. The Morgan fingerprint density at radius 2 is 1.77 bits per heavy atom. The van der Waals surface area contributed by atoms with Gasteiger partial charge in [-0.2, -0.15) is 0 Å². The zero-order valence-electron chi connectivity index (χ0n) is 11.1. The van der Waals surface area contributed by atoms with E-state index in [2.05, 4.69) is 5.32 Å². The lowest BCUT2D eigenvalue weighted by molar-refractivity contribution is -0.384. The molecule has 1 amide bonds. The molecule has 0 spiro atoms. The summed E-state index contributed by atoms with van der Waals surface area (Å²) in [5.74, 6) is -0.549. The number of benzene rings is 2. The molecule has 0 aliphatic heterocycles. The predicted octanol–water partition coefficient (Wildman–Crippen LogP) is 1.49. The number of hydrogen-bond acceptors (Lipinski definition) is 5. The first-order valence-electron chi connectivity index (χ1n) is 5.96. The first-order chi connectivity index (χ1) is 10.3. The molecule has 0 aromatic heterocycles. The smallest absolute Gasteiger partial charge is 0.270 e. The minimum atomic E-state index is -3.80. The Labute approximate surface area is 125 Å². The standard InChI is InChI=1S/C13H11N3O5S/c14-22(20,21)12-6-4-10(5-7-12)15-13(17)9-2-1-3-11(8-9)16(18)19/h1-8H,(H,15,17)(H2,14,20,21). The molecule has 0 bridgehead atoms. The van der Waals surface area contributed by atoms with Crippen molar-refractivity contribution in [1.29, 1.82) is 0 Å². The largest absolute Gasteiger partial charge is 0.322 e. The van der Waals surface area contributed by atoms with Crippen molar-refractivity contribution in [1.82, 2.24) is 0 Å². The lowest BCUT2D eigenvalue weighted by Crippen LogP contribution is -2.14. The van der Waals surface area contributed by atoms with Gasteiger partial charge in [0.25, 0.3) is 11.6 Å². The molecule has 114 valence electrons. The molecule has 0 saturated heterocycles. The van der Waals surface area contributed by atoms with Crippen LogP contribution in [0, 0.1) is 10.1 Å². The van der Waals surface area contributed by atoms with Crippen molar-refractivity contribution >= 4 is 27.3 Å². The number of nitro benzene ring substituents is 1. The van der Waals surface area contributed by atoms with Crippen molar-refractivity contribution in [3.05, 3.63) is 64.2 Å². The van der Waals surface area contributed by atoms with Crippen LogP contribution < -0.4 is 10.5 Å². The number of rotatable bonds is 4. The summed E-state index contributed by atoms with van der Waals surface area (Å²) < 4.78 is 22.2. The summed E-state index contributed by atoms with van der Waals surface area (Å²) >= 11 is 0. The van der Waals surface area contributed by atoms with Gasteiger partial charge in [0.15, 0.2) is 0 Å². The number of non-ortho nitro benzene ring substituents is 1. The Bertz CT molecular complexity index is 831. The fourth-order valence-electron chi connectivity index (χ4n) is 1.69. The molecule has 0 atom stereocenters. The lowest BCUT2D eigenvalue weighted by atomic mass is 10.2. The van der Waals surface area contributed by atoms with Gasteiger partial charge in [0, 0.05) is 23.4 Å². The van der Waals surface area contributed by atoms with Gasteiger partial charge >= 0.3 is 0 Å². The van der Waals surface area contributed by atoms with Gasteiger partial charge in [-0.15, -0.1) is 0 Å². The predicted molar refractivity (Wildman–Crippen MR) is 78.9 cm³/mol. The highest BCUT2D eigenvalue weighted by atomic mass is 32.2. The highest BCUT2D eigenvalue weighted by Crippen LogP contribution is 2.16. The van der Waals surface area contributed by atoms with Gasteiger partial charge in [0.05, 0.1) is 9.82 Å². The summed E-state index contributed by atoms with van der Waals surface area (Å²) in [4.78, 5) is 22.0. The van der Waals surface area contributed by atoms with Crippen molar-refractivity contribution in [3.63, 3.8) is 0 Å². The molecular weight excluding hydrogens is 310 g/mol. The highest BCUT2D eigenvalue weighted by molar-refractivity contribution is 7.89. The molecule has 8 nitrogen and oxygen atoms in total. The number of carbonyl (C=O) groups is 1. The van der Waals surface area contributed by atoms with Gasteiger partial charge in [0.2, 0.25) is 10.0 Å². The van der Waals surface area contributed by atoms with Crippen LogP contribution in [0.25, 0.3) is 0 Å². The van der Waals surface area contributed by atoms with Gasteiger partial charge in [0.1, 0.15) is 0 Å². The quantitative estimate of drug-likeness (QED) is 0.650. The summed E-state index contributed by atoms with van der Waals surface area (Å²) in [6, 6.07) is 10.5. The van der Waals surface area contributed by atoms with E-state index < -0.39 is 20.9 Å². The molecular formula is C13H11N3O5S. The minimum absolute atomic E-state index is 0.0825. The molecule has 3 N–H and O–H groups in total. The fraction of sp³-hybridized carbons (Fsp3) is 0. The van der Waals surface area contributed by atoms with Crippen LogP contribution in [0.3, 0.4) is 0 Å². The van der Waals surface area contributed by atoms with Gasteiger partial charge in [-0.25, -0.2) is 13.6 Å². The SMILES string of the molecule is NS(=O)(=O)c1ccc(NC(=O)c2cccc([N+](=O)[O-])c2)cc1. The van der Waals surface area contributed by atoms with Crippen molar-refractivity contribution in [2.45, 2.75) is 4.90 Å². The van der Waals surface area contributed by atoms with Crippen LogP contribution in [0.1, 0.15) is 10.4 Å². The van der Waals surface area contributed by atoms with E-state index in [1.165, 1.54) is 42.5 Å². The lowest BCUT2D eigenvalue weighted by Gasteiger charge is -2.06. The van der Waals surface area contributed by atoms with E-state index in [9.17, 15) is 23.3 Å². The van der Waals surface area contributed by atoms with E-state index in [1.807, 2.05) is 0 Å². The number of primary sulfonamides is 1. The van der Waals surface area contributed by atoms with Crippen LogP contribution in [0.15, 0.2) is 53.4 Å². The number of nitrogens with two attached hydrogens (primary N) is 1. The maximum Gasteiger partial charge on any atom is 0.270 e. The molecule has 9 heteroatoms. The van der Waals surface area contributed by atoms with Gasteiger partial charge in [-0.3, -0.25) is 14.9 Å². The number of carbonyl (C=O) groups excluding carboxylic acids is 1. The molecule has 2 aromatic carbocycles. The monoisotopic (exact) mass is 321 g/mol. The average molecular weight is 321 g/mol. The summed E-state index contributed by atoms with van der Waals surface area (Å²) in [5.41, 5.74) is 0.255. The van der Waals surface area contributed by atoms with Crippen LogP contribution >= 0.6 is 0 Å². The van der Waals surface area contributed by atoms with Crippen LogP contribution in [0.4, 0.5) is 11.4 Å². The highest BCUT2D eigenvalue weighted by Gasteiger charge is 2.12. The third-order valence-electron chi connectivity index (χ3n) is 2.76. The van der Waals surface area contributed by atoms with E-state index >= 15 is 0 Å². The Hall–Kier alpha value is -2.78. The maximum absolute atomic E-state index is 12.0. The summed E-state index contributed by atoms with van der Waals surface area (Å²) in [6.07, 6.45) is 0. The van der Waals surface area contributed by atoms with E-state index in [4.69, 9.17) is 5.14 Å². The third-order valence-corrected chi connectivity index (χ3v) is 3.69. The summed E-state index contributed by atoms with van der Waals surface area (Å²) in [7, 11) is -3.80. The second kappa shape index (κ2) is 5.92. The molecule has 0 radical (unpaired) electrons. The fourth-order valence-corrected chi connectivity index (χ4v) is 2.21. The Morgan fingerprint density at radius 1 is 1.14 bits per heavy atom. The number of sulfonamides is 1. The number of nitrogens with one attached hydrogen (secondary N) is 1. The van der Waals surface area contributed by atoms with E-state index in [-0.39, 0.29) is 16.1 Å². The van der Waals surface area contributed by atoms with Gasteiger partial charge < -0.3 is 5.32 Å². The zero-order chi connectivity index (χ0) is 16.3. The molecule has 0 aliphatic carbocycles. The van der Waals surface area contributed by atoms with E-state index in [1.54, 1.807) is 0 Å². The zero-order valence-corrected chi connectivity index (χ0v) is 11.9. The molecule has 22 heavy (non-hydrogen) atoms. The molecule has 0 unspecified atom stereocenters. The van der Waals surface area contributed by atoms with Crippen molar-refractivity contribution in [2.24, 2.45) is 5.14 Å². The summed E-state index contributed by atoms with van der Waals surface area (Å²) in [6.45, 7) is 0. The maximum atomic E-state index is 12.0. The number of anilines is 1. The van der Waals surface area contributed by atoms with Crippen LogP contribution in [-0.2, 0) is 10.0 Å². The number of amides is 1. The molecule has 0 aliphatic rings. The molecule has 2 rings (SSSR count). The van der Waals surface area contributed by atoms with Crippen LogP contribution in [0.5, 0.6) is 0 Å². The normalized spacial score (nSPS) is 11.0. The Kier molecular flexibility index (Phi) is 4.20. The van der Waals surface area contributed by atoms with Crippen molar-refractivity contribution < 1.29 is 18.1 Å². The second-order valence-electron chi connectivity index (χ2n) is 4.33.